The maximum atomic E-state index is 13.5. The van der Waals surface area contributed by atoms with Crippen molar-refractivity contribution in [2.24, 2.45) is 11.1 Å². The van der Waals surface area contributed by atoms with Crippen molar-refractivity contribution in [2.45, 2.75) is 94.4 Å². The van der Waals surface area contributed by atoms with Gasteiger partial charge >= 0.3 is 5.97 Å². The van der Waals surface area contributed by atoms with Gasteiger partial charge in [-0.3, -0.25) is 28.8 Å². The monoisotopic (exact) mass is 848 g/mol. The molecule has 0 aliphatic heterocycles. The first-order valence-electron chi connectivity index (χ1n) is 20.1. The number of nitrogens with two attached hydrogens (primary N) is 1. The second kappa shape index (κ2) is 24.2. The number of carbonyl (C=O) groups excluding carboxylic acids is 5. The minimum atomic E-state index is -0.887. The molecule has 59 heavy (non-hydrogen) atoms. The van der Waals surface area contributed by atoms with Crippen LogP contribution >= 0.6 is 23.4 Å². The Hall–Kier alpha value is -4.92. The molecule has 0 radical (unpaired) electrons. The highest BCUT2D eigenvalue weighted by atomic mass is 35.5. The lowest BCUT2D eigenvalue weighted by molar-refractivity contribution is -0.140. The van der Waals surface area contributed by atoms with Gasteiger partial charge in [-0.2, -0.15) is 11.8 Å². The van der Waals surface area contributed by atoms with Crippen LogP contribution in [0.1, 0.15) is 74.5 Å². The van der Waals surface area contributed by atoms with E-state index in [1.165, 1.54) is 11.8 Å². The molecule has 1 aliphatic carbocycles. The third-order valence-corrected chi connectivity index (χ3v) is 11.9. The normalized spacial score (nSPS) is 14.6. The van der Waals surface area contributed by atoms with Crippen molar-refractivity contribution in [3.63, 3.8) is 0 Å². The number of amides is 5. The van der Waals surface area contributed by atoms with Crippen molar-refractivity contribution >= 4 is 64.6 Å². The van der Waals surface area contributed by atoms with Gasteiger partial charge in [-0.15, -0.1) is 0 Å². The van der Waals surface area contributed by atoms with Crippen molar-refractivity contribution in [1.82, 2.24) is 21.3 Å². The molecule has 0 bridgehead atoms. The Balaban J connectivity index is 1.16. The van der Waals surface area contributed by atoms with Gasteiger partial charge in [-0.1, -0.05) is 85.1 Å². The van der Waals surface area contributed by atoms with Crippen LogP contribution in [0.25, 0.3) is 0 Å². The van der Waals surface area contributed by atoms with Crippen LogP contribution in [-0.2, 0) is 48.0 Å². The number of aliphatic carboxylic acids is 1. The van der Waals surface area contributed by atoms with E-state index in [0.29, 0.717) is 36.6 Å². The smallest absolute Gasteiger partial charge is 0.303 e. The molecule has 8 N–H and O–H groups in total. The van der Waals surface area contributed by atoms with Gasteiger partial charge in [0, 0.05) is 42.7 Å². The highest BCUT2D eigenvalue weighted by Crippen LogP contribution is 2.44. The number of nitrogens with one attached hydrogen (secondary N) is 5. The summed E-state index contributed by atoms with van der Waals surface area (Å²) >= 11 is 7.69. The van der Waals surface area contributed by atoms with Gasteiger partial charge in [0.15, 0.2) is 0 Å². The third-order valence-electron chi connectivity index (χ3n) is 10.5. The Bertz CT molecular complexity index is 1860. The fourth-order valence-corrected chi connectivity index (χ4v) is 8.36. The van der Waals surface area contributed by atoms with E-state index >= 15 is 0 Å². The maximum absolute atomic E-state index is 13.5. The highest BCUT2D eigenvalue weighted by Gasteiger charge is 2.38. The number of carboxylic acids is 1. The summed E-state index contributed by atoms with van der Waals surface area (Å²) in [5, 5.41) is 23.3. The molecule has 3 atom stereocenters. The van der Waals surface area contributed by atoms with Crippen LogP contribution in [0.5, 0.6) is 0 Å². The van der Waals surface area contributed by atoms with E-state index in [0.717, 1.165) is 55.2 Å². The van der Waals surface area contributed by atoms with Crippen LogP contribution in [-0.4, -0.2) is 83.8 Å². The Morgan fingerprint density at radius 3 is 2.03 bits per heavy atom. The number of carboxylic acid groups (broad SMARTS) is 1. The first kappa shape index (κ1) is 46.8. The minimum absolute atomic E-state index is 0.0271. The van der Waals surface area contributed by atoms with Crippen molar-refractivity contribution in [1.29, 1.82) is 0 Å². The fraction of sp³-hybridized carbons (Fsp3) is 0.455. The first-order valence-corrected chi connectivity index (χ1v) is 21.8. The number of hydrogen-bond acceptors (Lipinski definition) is 8. The fourth-order valence-electron chi connectivity index (χ4n) is 7.41. The molecule has 0 heterocycles. The Morgan fingerprint density at radius 1 is 0.746 bits per heavy atom. The summed E-state index contributed by atoms with van der Waals surface area (Å²) in [5.41, 5.74) is 8.98. The van der Waals surface area contributed by atoms with Crippen LogP contribution in [0.3, 0.4) is 0 Å². The van der Waals surface area contributed by atoms with E-state index in [2.05, 4.69) is 26.6 Å². The molecule has 3 unspecified atom stereocenters. The van der Waals surface area contributed by atoms with Gasteiger partial charge in [-0.05, 0) is 85.1 Å². The zero-order valence-corrected chi connectivity index (χ0v) is 35.2. The molecule has 1 fully saturated rings. The van der Waals surface area contributed by atoms with Gasteiger partial charge in [-0.25, -0.2) is 0 Å². The number of benzene rings is 3. The standard InChI is InChI=1S/C44H57ClN6O7S/c1-59-41(43(58)49-29-39(54)48-23-11-3-10-22-47-38(53)27-44(28-40(55)56)20-8-9-21-44)35(46)24-31-16-18-33(19-17-31)50-42(57)36(26-32-14-6-7-15-34(32)45)51-37(52)25-30-12-4-2-5-13-30/h2,4-7,12-19,35-36,41H,3,8-11,20-29,46H2,1H3,(H,47,53)(H,48,54)(H,49,58)(H,50,57)(H,51,52)(H,55,56). The van der Waals surface area contributed by atoms with Crippen molar-refractivity contribution in [2.75, 3.05) is 31.2 Å². The summed E-state index contributed by atoms with van der Waals surface area (Å²) in [6.07, 6.45) is 8.40. The summed E-state index contributed by atoms with van der Waals surface area (Å²) in [6.45, 7) is 0.734. The summed E-state index contributed by atoms with van der Waals surface area (Å²) in [7, 11) is 0. The van der Waals surface area contributed by atoms with E-state index in [4.69, 9.17) is 17.3 Å². The number of unbranched alkanes of at least 4 members (excludes halogenated alkanes) is 2. The first-order chi connectivity index (χ1) is 28.4. The lowest BCUT2D eigenvalue weighted by atomic mass is 9.79. The highest BCUT2D eigenvalue weighted by molar-refractivity contribution is 8.00. The second-order valence-corrected chi connectivity index (χ2v) is 16.6. The SMILES string of the molecule is CSC(C(=O)NCC(=O)NCCCCCNC(=O)CC1(CC(=O)O)CCCC1)C(N)Cc1ccc(NC(=O)C(Cc2ccccc2Cl)NC(=O)Cc2ccccc2)cc1. The summed E-state index contributed by atoms with van der Waals surface area (Å²) in [6, 6.07) is 22.1. The molecule has 13 nitrogen and oxygen atoms in total. The molecule has 318 valence electrons. The average Bonchev–Trinajstić information content (AvgIpc) is 3.65. The quantitative estimate of drug-likeness (QED) is 0.0618. The number of rotatable bonds is 24. The molecule has 5 amide bonds. The van der Waals surface area contributed by atoms with Crippen LogP contribution in [0, 0.1) is 5.41 Å². The van der Waals surface area contributed by atoms with E-state index in [-0.39, 0.29) is 55.9 Å². The van der Waals surface area contributed by atoms with Crippen molar-refractivity contribution < 1.29 is 33.9 Å². The van der Waals surface area contributed by atoms with Crippen molar-refractivity contribution in [3.05, 3.63) is 101 Å². The third kappa shape index (κ3) is 16.3. The zero-order chi connectivity index (χ0) is 42.6. The van der Waals surface area contributed by atoms with Gasteiger partial charge in [0.25, 0.3) is 0 Å². The number of hydrogen-bond donors (Lipinski definition) is 7. The Labute approximate surface area is 355 Å². The van der Waals surface area contributed by atoms with Gasteiger partial charge in [0.05, 0.1) is 24.6 Å². The molecule has 1 saturated carbocycles. The molecule has 0 spiro atoms. The largest absolute Gasteiger partial charge is 0.481 e. The molecular weight excluding hydrogens is 792 g/mol. The number of carbonyl (C=O) groups is 6. The second-order valence-electron chi connectivity index (χ2n) is 15.2. The van der Waals surface area contributed by atoms with Crippen molar-refractivity contribution in [3.8, 4) is 0 Å². The minimum Gasteiger partial charge on any atom is -0.481 e. The molecule has 3 aromatic carbocycles. The number of anilines is 1. The van der Waals surface area contributed by atoms with E-state index < -0.39 is 34.6 Å². The van der Waals surface area contributed by atoms with Gasteiger partial charge in [0.2, 0.25) is 29.5 Å². The molecule has 4 rings (SSSR count). The van der Waals surface area contributed by atoms with Gasteiger partial charge in [0.1, 0.15) is 6.04 Å². The average molecular weight is 849 g/mol. The lowest BCUT2D eigenvalue weighted by Crippen LogP contribution is -2.48. The van der Waals surface area contributed by atoms with Crippen LogP contribution in [0.15, 0.2) is 78.9 Å². The van der Waals surface area contributed by atoms with Gasteiger partial charge < -0.3 is 37.4 Å². The molecule has 15 heteroatoms. The molecule has 0 saturated heterocycles. The Morgan fingerprint density at radius 2 is 1.39 bits per heavy atom. The zero-order valence-electron chi connectivity index (χ0n) is 33.6. The topological polar surface area (TPSA) is 209 Å². The van der Waals surface area contributed by atoms with Crippen LogP contribution in [0.4, 0.5) is 5.69 Å². The maximum Gasteiger partial charge on any atom is 0.303 e. The molecular formula is C44H57ClN6O7S. The Kier molecular flexibility index (Phi) is 19.2. The predicted octanol–water partition coefficient (Wildman–Crippen LogP) is 4.79. The summed E-state index contributed by atoms with van der Waals surface area (Å²) < 4.78 is 0. The summed E-state index contributed by atoms with van der Waals surface area (Å²) in [5.74, 6) is -2.33. The molecule has 1 aliphatic rings. The van der Waals surface area contributed by atoms with E-state index in [1.807, 2.05) is 54.6 Å². The lowest BCUT2D eigenvalue weighted by Gasteiger charge is -2.26. The predicted molar refractivity (Wildman–Crippen MR) is 232 cm³/mol. The number of thioether (sulfide) groups is 1. The van der Waals surface area contributed by atoms with E-state index in [9.17, 15) is 33.9 Å². The molecule has 0 aromatic heterocycles. The van der Waals surface area contributed by atoms with Crippen LogP contribution in [0.2, 0.25) is 5.02 Å². The van der Waals surface area contributed by atoms with E-state index in [1.54, 1.807) is 30.5 Å². The summed E-state index contributed by atoms with van der Waals surface area (Å²) in [4.78, 5) is 75.6. The van der Waals surface area contributed by atoms with Crippen LogP contribution < -0.4 is 32.3 Å². The number of halogens is 1. The molecule has 3 aromatic rings.